The molecule has 0 amide bonds. The molecule has 3 fully saturated rings. The molecule has 0 radical (unpaired) electrons. The fourth-order valence-electron chi connectivity index (χ4n) is 4.56. The lowest BCUT2D eigenvalue weighted by Gasteiger charge is -2.38. The van der Waals surface area contributed by atoms with Crippen LogP contribution >= 0.6 is 0 Å². The standard InChI is InChI=1S/C17H31NO/c1-2-18-13-17(12-14-6-4-3-5-7-14)10-11-19-16(17)15-8-9-15/h14-16,18H,2-13H2,1H3. The molecule has 0 spiro atoms. The maximum absolute atomic E-state index is 6.19. The summed E-state index contributed by atoms with van der Waals surface area (Å²) in [6.45, 7) is 5.54. The number of ether oxygens (including phenoxy) is 1. The van der Waals surface area contributed by atoms with Gasteiger partial charge in [0.05, 0.1) is 6.10 Å². The summed E-state index contributed by atoms with van der Waals surface area (Å²) in [5.74, 6) is 1.88. The van der Waals surface area contributed by atoms with Crippen LogP contribution in [0.15, 0.2) is 0 Å². The van der Waals surface area contributed by atoms with Crippen molar-refractivity contribution < 1.29 is 4.74 Å². The Morgan fingerprint density at radius 2 is 1.89 bits per heavy atom. The number of rotatable bonds is 6. The largest absolute Gasteiger partial charge is 0.377 e. The summed E-state index contributed by atoms with van der Waals surface area (Å²) in [5.41, 5.74) is 0.471. The van der Waals surface area contributed by atoms with Crippen LogP contribution in [0.3, 0.4) is 0 Å². The minimum absolute atomic E-state index is 0.471. The van der Waals surface area contributed by atoms with Crippen molar-refractivity contribution in [3.05, 3.63) is 0 Å². The van der Waals surface area contributed by atoms with Gasteiger partial charge in [0.25, 0.3) is 0 Å². The van der Waals surface area contributed by atoms with Crippen LogP contribution in [0, 0.1) is 17.3 Å². The van der Waals surface area contributed by atoms with E-state index in [0.717, 1.165) is 25.0 Å². The van der Waals surface area contributed by atoms with Gasteiger partial charge < -0.3 is 10.1 Å². The minimum atomic E-state index is 0.471. The Hall–Kier alpha value is -0.0800. The molecule has 19 heavy (non-hydrogen) atoms. The van der Waals surface area contributed by atoms with E-state index in [0.29, 0.717) is 11.5 Å². The summed E-state index contributed by atoms with van der Waals surface area (Å²) in [4.78, 5) is 0. The van der Waals surface area contributed by atoms with Crippen molar-refractivity contribution in [2.24, 2.45) is 17.3 Å². The van der Waals surface area contributed by atoms with Crippen LogP contribution < -0.4 is 5.32 Å². The van der Waals surface area contributed by atoms with E-state index < -0.39 is 0 Å². The van der Waals surface area contributed by atoms with Crippen LogP contribution in [-0.4, -0.2) is 25.8 Å². The number of hydrogen-bond acceptors (Lipinski definition) is 2. The summed E-state index contributed by atoms with van der Waals surface area (Å²) in [5, 5.41) is 3.65. The molecule has 1 aliphatic heterocycles. The van der Waals surface area contributed by atoms with E-state index in [2.05, 4.69) is 12.2 Å². The second-order valence-electron chi connectivity index (χ2n) is 7.23. The van der Waals surface area contributed by atoms with Crippen LogP contribution in [0.4, 0.5) is 0 Å². The zero-order chi connectivity index (χ0) is 13.1. The average molecular weight is 265 g/mol. The van der Waals surface area contributed by atoms with Crippen LogP contribution in [0.25, 0.3) is 0 Å². The summed E-state index contributed by atoms with van der Waals surface area (Å²) in [6.07, 6.45) is 13.5. The fraction of sp³-hybridized carbons (Fsp3) is 1.00. The van der Waals surface area contributed by atoms with Gasteiger partial charge >= 0.3 is 0 Å². The highest BCUT2D eigenvalue weighted by Gasteiger charge is 2.51. The Morgan fingerprint density at radius 1 is 1.11 bits per heavy atom. The molecule has 0 bridgehead atoms. The first-order valence-corrected chi connectivity index (χ1v) is 8.66. The van der Waals surface area contributed by atoms with Gasteiger partial charge in [-0.1, -0.05) is 39.0 Å². The predicted octanol–water partition coefficient (Wildman–Crippen LogP) is 3.75. The van der Waals surface area contributed by atoms with Gasteiger partial charge in [0.15, 0.2) is 0 Å². The molecule has 3 aliphatic rings. The molecule has 110 valence electrons. The molecule has 3 rings (SSSR count). The predicted molar refractivity (Wildman–Crippen MR) is 79.2 cm³/mol. The van der Waals surface area contributed by atoms with Gasteiger partial charge in [0.2, 0.25) is 0 Å². The zero-order valence-corrected chi connectivity index (χ0v) is 12.6. The van der Waals surface area contributed by atoms with E-state index in [4.69, 9.17) is 4.74 Å². The van der Waals surface area contributed by atoms with Crippen molar-refractivity contribution in [3.63, 3.8) is 0 Å². The van der Waals surface area contributed by atoms with Crippen molar-refractivity contribution in [3.8, 4) is 0 Å². The summed E-state index contributed by atoms with van der Waals surface area (Å²) < 4.78 is 6.19. The number of hydrogen-bond donors (Lipinski definition) is 1. The molecule has 0 aromatic carbocycles. The lowest BCUT2D eigenvalue weighted by molar-refractivity contribution is 0.0157. The first-order valence-electron chi connectivity index (χ1n) is 8.66. The van der Waals surface area contributed by atoms with E-state index in [1.165, 1.54) is 64.3 Å². The maximum atomic E-state index is 6.19. The normalized spacial score (nSPS) is 36.8. The van der Waals surface area contributed by atoms with Gasteiger partial charge in [-0.05, 0) is 44.1 Å². The van der Waals surface area contributed by atoms with E-state index >= 15 is 0 Å². The van der Waals surface area contributed by atoms with Crippen LogP contribution in [0.5, 0.6) is 0 Å². The molecule has 0 aromatic heterocycles. The van der Waals surface area contributed by atoms with Crippen molar-refractivity contribution in [2.45, 2.75) is 70.8 Å². The maximum Gasteiger partial charge on any atom is 0.0672 e. The molecular formula is C17H31NO. The molecule has 2 heteroatoms. The lowest BCUT2D eigenvalue weighted by Crippen LogP contribution is -2.43. The summed E-state index contributed by atoms with van der Waals surface area (Å²) >= 11 is 0. The topological polar surface area (TPSA) is 21.3 Å². The average Bonchev–Trinajstić information content (AvgIpc) is 3.20. The SMILES string of the molecule is CCNCC1(CC2CCCCC2)CCOC1C1CC1. The third kappa shape index (κ3) is 3.16. The van der Waals surface area contributed by atoms with E-state index in [1.807, 2.05) is 0 Å². The Kier molecular flexibility index (Phi) is 4.48. The molecule has 2 unspecified atom stereocenters. The van der Waals surface area contributed by atoms with E-state index in [9.17, 15) is 0 Å². The van der Waals surface area contributed by atoms with Crippen LogP contribution in [-0.2, 0) is 4.74 Å². The third-order valence-corrected chi connectivity index (χ3v) is 5.70. The second kappa shape index (κ2) is 6.13. The number of nitrogens with one attached hydrogen (secondary N) is 1. The monoisotopic (exact) mass is 265 g/mol. The molecular weight excluding hydrogens is 234 g/mol. The molecule has 1 heterocycles. The van der Waals surface area contributed by atoms with Crippen molar-refractivity contribution in [1.29, 1.82) is 0 Å². The van der Waals surface area contributed by atoms with Crippen molar-refractivity contribution in [1.82, 2.24) is 5.32 Å². The molecule has 1 saturated heterocycles. The van der Waals surface area contributed by atoms with E-state index in [1.54, 1.807) is 0 Å². The van der Waals surface area contributed by atoms with Gasteiger partial charge in [-0.25, -0.2) is 0 Å². The Balaban J connectivity index is 1.67. The highest BCUT2D eigenvalue weighted by Crippen LogP contribution is 2.51. The van der Waals surface area contributed by atoms with Crippen LogP contribution in [0.2, 0.25) is 0 Å². The van der Waals surface area contributed by atoms with Gasteiger partial charge in [-0.3, -0.25) is 0 Å². The molecule has 1 N–H and O–H groups in total. The van der Waals surface area contributed by atoms with Gasteiger partial charge in [-0.2, -0.15) is 0 Å². The van der Waals surface area contributed by atoms with Gasteiger partial charge in [0, 0.05) is 18.6 Å². The van der Waals surface area contributed by atoms with Crippen molar-refractivity contribution >= 4 is 0 Å². The molecule has 2 atom stereocenters. The van der Waals surface area contributed by atoms with Crippen molar-refractivity contribution in [2.75, 3.05) is 19.7 Å². The highest BCUT2D eigenvalue weighted by molar-refractivity contribution is 5.01. The lowest BCUT2D eigenvalue weighted by atomic mass is 9.69. The smallest absolute Gasteiger partial charge is 0.0672 e. The van der Waals surface area contributed by atoms with Gasteiger partial charge in [-0.15, -0.1) is 0 Å². The Morgan fingerprint density at radius 3 is 2.58 bits per heavy atom. The quantitative estimate of drug-likeness (QED) is 0.789. The Bertz CT molecular complexity index is 283. The zero-order valence-electron chi connectivity index (χ0n) is 12.6. The molecule has 0 aromatic rings. The first-order chi connectivity index (χ1) is 9.34. The fourth-order valence-corrected chi connectivity index (χ4v) is 4.56. The molecule has 2 saturated carbocycles. The molecule has 2 nitrogen and oxygen atoms in total. The summed E-state index contributed by atoms with van der Waals surface area (Å²) in [6, 6.07) is 0. The van der Waals surface area contributed by atoms with Crippen LogP contribution in [0.1, 0.15) is 64.7 Å². The van der Waals surface area contributed by atoms with Gasteiger partial charge in [0.1, 0.15) is 0 Å². The molecule has 2 aliphatic carbocycles. The highest BCUT2D eigenvalue weighted by atomic mass is 16.5. The second-order valence-corrected chi connectivity index (χ2v) is 7.23. The Labute approximate surface area is 118 Å². The summed E-state index contributed by atoms with van der Waals surface area (Å²) in [7, 11) is 0. The third-order valence-electron chi connectivity index (χ3n) is 5.70. The van der Waals surface area contributed by atoms with E-state index in [-0.39, 0.29) is 0 Å². The minimum Gasteiger partial charge on any atom is -0.377 e. The first kappa shape index (κ1) is 13.9.